The number of esters is 1. The van der Waals surface area contributed by atoms with Gasteiger partial charge in [-0.05, 0) is 0 Å². The Kier molecular flexibility index (Phi) is 8.68. The molecule has 0 unspecified atom stereocenters. The van der Waals surface area contributed by atoms with Crippen molar-refractivity contribution in [2.45, 2.75) is 50.9 Å². The number of ether oxygens (including phenoxy) is 4. The topological polar surface area (TPSA) is 71.1 Å². The van der Waals surface area contributed by atoms with E-state index in [0.29, 0.717) is 25.0 Å². The molecule has 190 valence electrons. The summed E-state index contributed by atoms with van der Waals surface area (Å²) in [6.07, 6.45) is 6.36. The van der Waals surface area contributed by atoms with Crippen molar-refractivity contribution in [3.63, 3.8) is 0 Å². The van der Waals surface area contributed by atoms with Crippen LogP contribution in [0.25, 0.3) is 0 Å². The van der Waals surface area contributed by atoms with Crippen molar-refractivity contribution >= 4 is 30.3 Å². The van der Waals surface area contributed by atoms with Crippen molar-refractivity contribution in [2.24, 2.45) is 5.92 Å². The maximum absolute atomic E-state index is 12.8. The average molecular weight is 556 g/mol. The SMILES string of the molecule is COC(=O)C1=CC=C2CC[C@@H]([C@@H](C)OC(=O)[Se]c3ccccc3)[C@@]2(OCc2ccc(OC)cc2)CC1. The van der Waals surface area contributed by atoms with E-state index in [9.17, 15) is 9.59 Å². The molecule has 2 aromatic carbocycles. The summed E-state index contributed by atoms with van der Waals surface area (Å²) in [5.74, 6) is 0.445. The first-order chi connectivity index (χ1) is 17.4. The van der Waals surface area contributed by atoms with Gasteiger partial charge in [0.1, 0.15) is 0 Å². The molecule has 4 rings (SSSR count). The number of carbonyl (C=O) groups excluding carboxylic acids is 2. The third-order valence-corrected chi connectivity index (χ3v) is 8.63. The number of allylic oxidation sites excluding steroid dienone is 2. The zero-order valence-corrected chi connectivity index (χ0v) is 22.6. The fourth-order valence-corrected chi connectivity index (χ4v) is 6.57. The molecule has 7 heteroatoms. The van der Waals surface area contributed by atoms with E-state index in [1.165, 1.54) is 7.11 Å². The first-order valence-electron chi connectivity index (χ1n) is 12.1. The third-order valence-electron chi connectivity index (χ3n) is 7.01. The number of methoxy groups -OCH3 is 2. The molecule has 0 aliphatic heterocycles. The van der Waals surface area contributed by atoms with Crippen LogP contribution in [0.5, 0.6) is 5.75 Å². The first-order valence-corrected chi connectivity index (χ1v) is 13.9. The van der Waals surface area contributed by atoms with Gasteiger partial charge in [-0.25, -0.2) is 0 Å². The van der Waals surface area contributed by atoms with Crippen LogP contribution in [0.15, 0.2) is 77.9 Å². The van der Waals surface area contributed by atoms with Crippen LogP contribution in [0.4, 0.5) is 4.79 Å². The van der Waals surface area contributed by atoms with E-state index in [2.05, 4.69) is 0 Å². The van der Waals surface area contributed by atoms with Gasteiger partial charge in [0.2, 0.25) is 0 Å². The molecule has 0 amide bonds. The summed E-state index contributed by atoms with van der Waals surface area (Å²) in [5.41, 5.74) is 2.16. The van der Waals surface area contributed by atoms with E-state index in [-0.39, 0.29) is 22.9 Å². The molecule has 2 aromatic rings. The Balaban J connectivity index is 1.54. The van der Waals surface area contributed by atoms with Gasteiger partial charge in [0.25, 0.3) is 0 Å². The first kappa shape index (κ1) is 26.2. The molecule has 6 nitrogen and oxygen atoms in total. The van der Waals surface area contributed by atoms with Crippen molar-refractivity contribution in [3.05, 3.63) is 83.5 Å². The predicted molar refractivity (Wildman–Crippen MR) is 138 cm³/mol. The van der Waals surface area contributed by atoms with Crippen LogP contribution in [0.2, 0.25) is 0 Å². The second-order valence-corrected chi connectivity index (χ2v) is 11.2. The summed E-state index contributed by atoms with van der Waals surface area (Å²) in [6.45, 7) is 2.37. The average Bonchev–Trinajstić information content (AvgIpc) is 3.15. The van der Waals surface area contributed by atoms with Crippen molar-refractivity contribution in [2.75, 3.05) is 14.2 Å². The zero-order chi connectivity index (χ0) is 25.5. The van der Waals surface area contributed by atoms with Crippen LogP contribution >= 0.6 is 0 Å². The van der Waals surface area contributed by atoms with Gasteiger partial charge in [-0.2, -0.15) is 0 Å². The van der Waals surface area contributed by atoms with E-state index in [4.69, 9.17) is 18.9 Å². The van der Waals surface area contributed by atoms with Gasteiger partial charge in [-0.1, -0.05) is 0 Å². The Morgan fingerprint density at radius 1 is 1.03 bits per heavy atom. The van der Waals surface area contributed by atoms with Crippen LogP contribution in [-0.2, 0) is 25.6 Å². The second kappa shape index (κ2) is 11.9. The summed E-state index contributed by atoms with van der Waals surface area (Å²) < 4.78 is 24.0. The van der Waals surface area contributed by atoms with Crippen molar-refractivity contribution in [1.82, 2.24) is 0 Å². The van der Waals surface area contributed by atoms with E-state index < -0.39 is 20.6 Å². The Morgan fingerprint density at radius 2 is 1.78 bits per heavy atom. The van der Waals surface area contributed by atoms with E-state index >= 15 is 0 Å². The number of fused-ring (bicyclic) bond motifs is 1. The predicted octanol–water partition coefficient (Wildman–Crippen LogP) is 4.74. The Hall–Kier alpha value is -2.86. The van der Waals surface area contributed by atoms with Crippen LogP contribution in [0.3, 0.4) is 0 Å². The van der Waals surface area contributed by atoms with Gasteiger partial charge >= 0.3 is 212 Å². The number of hydrogen-bond donors (Lipinski definition) is 0. The minimum absolute atomic E-state index is 0.0251. The monoisotopic (exact) mass is 556 g/mol. The van der Waals surface area contributed by atoms with Crippen molar-refractivity contribution < 1.29 is 28.5 Å². The molecule has 1 fully saturated rings. The van der Waals surface area contributed by atoms with Gasteiger partial charge in [-0.15, -0.1) is 0 Å². The molecule has 36 heavy (non-hydrogen) atoms. The molecular formula is C29H32O6Se. The molecule has 2 aliphatic carbocycles. The molecule has 0 aromatic heterocycles. The molecular weight excluding hydrogens is 523 g/mol. The van der Waals surface area contributed by atoms with Gasteiger partial charge in [0.15, 0.2) is 0 Å². The Bertz CT molecular complexity index is 1120. The summed E-state index contributed by atoms with van der Waals surface area (Å²) >= 11 is -0.410. The van der Waals surface area contributed by atoms with Gasteiger partial charge in [0.05, 0.1) is 7.11 Å². The van der Waals surface area contributed by atoms with Crippen LogP contribution < -0.4 is 9.20 Å². The molecule has 0 spiro atoms. The summed E-state index contributed by atoms with van der Waals surface area (Å²) in [5, 5.41) is 0. The van der Waals surface area contributed by atoms with Crippen molar-refractivity contribution in [3.8, 4) is 5.75 Å². The van der Waals surface area contributed by atoms with Crippen LogP contribution in [-0.4, -0.2) is 51.7 Å². The summed E-state index contributed by atoms with van der Waals surface area (Å²) in [6, 6.07) is 17.5. The fourth-order valence-electron chi connectivity index (χ4n) is 5.13. The van der Waals surface area contributed by atoms with Gasteiger partial charge < -0.3 is 0 Å². The Labute approximate surface area is 218 Å². The van der Waals surface area contributed by atoms with Gasteiger partial charge in [0, 0.05) is 0 Å². The molecule has 0 bridgehead atoms. The summed E-state index contributed by atoms with van der Waals surface area (Å²) in [7, 11) is 3.04. The maximum atomic E-state index is 12.8. The Morgan fingerprint density at radius 3 is 2.47 bits per heavy atom. The molecule has 0 saturated heterocycles. The number of benzene rings is 2. The molecule has 2 aliphatic rings. The molecule has 0 radical (unpaired) electrons. The van der Waals surface area contributed by atoms with Crippen molar-refractivity contribution in [1.29, 1.82) is 0 Å². The number of hydrogen-bond acceptors (Lipinski definition) is 6. The summed E-state index contributed by atoms with van der Waals surface area (Å²) in [4.78, 5) is 24.9. The third kappa shape index (κ3) is 5.92. The van der Waals surface area contributed by atoms with Crippen LogP contribution in [0, 0.1) is 5.92 Å². The molecule has 3 atom stereocenters. The van der Waals surface area contributed by atoms with E-state index in [1.54, 1.807) is 7.11 Å². The van der Waals surface area contributed by atoms with E-state index in [0.717, 1.165) is 34.2 Å². The normalized spacial score (nSPS) is 21.9. The molecule has 0 heterocycles. The zero-order valence-electron chi connectivity index (χ0n) is 20.9. The quantitative estimate of drug-likeness (QED) is 0.329. The van der Waals surface area contributed by atoms with Gasteiger partial charge in [-0.3, -0.25) is 0 Å². The number of rotatable bonds is 9. The number of carbonyl (C=O) groups is 2. The molecule has 1 saturated carbocycles. The minimum atomic E-state index is -0.633. The standard InChI is InChI=1S/C29H32O6Se/c1-20(35-28(31)36-25-7-5-4-6-8-25)26-16-13-23-12-11-22(27(30)33-3)17-18-29(23,26)34-19-21-9-14-24(32-2)15-10-21/h4-12,14-15,20,26H,13,16-19H2,1-3H3/t20-,26+,29-/m1/s1. The fraction of sp³-hybridized carbons (Fsp3) is 0.379. The second-order valence-electron chi connectivity index (χ2n) is 9.03. The van der Waals surface area contributed by atoms with Crippen LogP contribution in [0.1, 0.15) is 38.2 Å². The molecule has 0 N–H and O–H groups in total. The van der Waals surface area contributed by atoms with E-state index in [1.807, 2.05) is 73.7 Å².